The first-order chi connectivity index (χ1) is 16.0. The number of ether oxygens (including phenoxy) is 1. The molecule has 164 valence electrons. The number of amides is 1. The van der Waals surface area contributed by atoms with Crippen LogP contribution in [0.2, 0.25) is 10.0 Å². The number of hydrogen-bond acceptors (Lipinski definition) is 3. The fourth-order valence-electron chi connectivity index (χ4n) is 3.25. The van der Waals surface area contributed by atoms with Gasteiger partial charge in [0.25, 0.3) is 5.91 Å². The van der Waals surface area contributed by atoms with Gasteiger partial charge in [0.05, 0.1) is 5.69 Å². The van der Waals surface area contributed by atoms with Gasteiger partial charge in [-0.1, -0.05) is 65.7 Å². The minimum Gasteiger partial charge on any atom is -0.489 e. The summed E-state index contributed by atoms with van der Waals surface area (Å²) in [6.07, 6.45) is 0. The van der Waals surface area contributed by atoms with Gasteiger partial charge in [-0.3, -0.25) is 9.59 Å². The second-order valence-electron chi connectivity index (χ2n) is 7.28. The van der Waals surface area contributed by atoms with Crippen molar-refractivity contribution < 1.29 is 14.3 Å². The van der Waals surface area contributed by atoms with Crippen molar-refractivity contribution in [1.82, 2.24) is 0 Å². The van der Waals surface area contributed by atoms with Crippen LogP contribution in [0.1, 0.15) is 31.8 Å². The summed E-state index contributed by atoms with van der Waals surface area (Å²) in [6.45, 7) is 0.293. The summed E-state index contributed by atoms with van der Waals surface area (Å²) < 4.78 is 5.76. The normalized spacial score (nSPS) is 10.5. The first-order valence-corrected chi connectivity index (χ1v) is 10.9. The standard InChI is InChI=1S/C27H19Cl2NO3/c28-21-9-12-23(13-10-21)33-17-18-5-4-8-20(15-18)27(32)30-25-14-11-22(29)16-24(25)26(31)19-6-2-1-3-7-19/h1-16H,17H2,(H,30,32). The van der Waals surface area contributed by atoms with Gasteiger partial charge in [-0.2, -0.15) is 0 Å². The van der Waals surface area contributed by atoms with E-state index < -0.39 is 0 Å². The number of halogens is 2. The zero-order valence-corrected chi connectivity index (χ0v) is 18.9. The van der Waals surface area contributed by atoms with Crippen LogP contribution in [0.25, 0.3) is 0 Å². The second kappa shape index (κ2) is 10.3. The van der Waals surface area contributed by atoms with Crippen molar-refractivity contribution in [3.63, 3.8) is 0 Å². The van der Waals surface area contributed by atoms with E-state index in [1.165, 1.54) is 0 Å². The molecule has 0 aromatic heterocycles. The maximum absolute atomic E-state index is 13.0. The molecule has 0 aliphatic carbocycles. The topological polar surface area (TPSA) is 55.4 Å². The van der Waals surface area contributed by atoms with Crippen LogP contribution in [0.15, 0.2) is 97.1 Å². The summed E-state index contributed by atoms with van der Waals surface area (Å²) in [6, 6.07) is 27.8. The highest BCUT2D eigenvalue weighted by atomic mass is 35.5. The van der Waals surface area contributed by atoms with Crippen LogP contribution in [0.4, 0.5) is 5.69 Å². The molecule has 4 nitrogen and oxygen atoms in total. The number of carbonyl (C=O) groups is 2. The van der Waals surface area contributed by atoms with E-state index in [4.69, 9.17) is 27.9 Å². The molecule has 0 aliphatic rings. The summed E-state index contributed by atoms with van der Waals surface area (Å²) in [7, 11) is 0. The maximum atomic E-state index is 13.0. The number of anilines is 1. The average Bonchev–Trinajstić information content (AvgIpc) is 2.85. The van der Waals surface area contributed by atoms with Crippen LogP contribution in [0.3, 0.4) is 0 Å². The third-order valence-electron chi connectivity index (χ3n) is 4.92. The Hall–Kier alpha value is -3.60. The van der Waals surface area contributed by atoms with Crippen molar-refractivity contribution in [2.45, 2.75) is 6.61 Å². The van der Waals surface area contributed by atoms with E-state index in [9.17, 15) is 9.59 Å². The van der Waals surface area contributed by atoms with Crippen molar-refractivity contribution in [1.29, 1.82) is 0 Å². The molecular weight excluding hydrogens is 457 g/mol. The molecule has 0 radical (unpaired) electrons. The molecule has 33 heavy (non-hydrogen) atoms. The molecular formula is C27H19Cl2NO3. The first-order valence-electron chi connectivity index (χ1n) is 10.2. The quantitative estimate of drug-likeness (QED) is 0.291. The van der Waals surface area contributed by atoms with E-state index >= 15 is 0 Å². The van der Waals surface area contributed by atoms with Crippen molar-refractivity contribution in [2.24, 2.45) is 0 Å². The van der Waals surface area contributed by atoms with E-state index in [2.05, 4.69) is 5.32 Å². The molecule has 4 rings (SSSR count). The van der Waals surface area contributed by atoms with Gasteiger partial charge in [0, 0.05) is 26.7 Å². The molecule has 0 fully saturated rings. The van der Waals surface area contributed by atoms with Gasteiger partial charge in [0.1, 0.15) is 12.4 Å². The van der Waals surface area contributed by atoms with Gasteiger partial charge in [0.15, 0.2) is 5.78 Å². The second-order valence-corrected chi connectivity index (χ2v) is 8.16. The third kappa shape index (κ3) is 5.80. The molecule has 0 saturated carbocycles. The van der Waals surface area contributed by atoms with E-state index in [0.717, 1.165) is 5.56 Å². The van der Waals surface area contributed by atoms with Crippen molar-refractivity contribution in [3.8, 4) is 5.75 Å². The Kier molecular flexibility index (Phi) is 7.08. The van der Waals surface area contributed by atoms with Gasteiger partial charge in [-0.05, 0) is 60.2 Å². The SMILES string of the molecule is O=C(Nc1ccc(Cl)cc1C(=O)c1ccccc1)c1cccc(COc2ccc(Cl)cc2)c1. The zero-order chi connectivity index (χ0) is 23.2. The lowest BCUT2D eigenvalue weighted by atomic mass is 10.0. The Labute approximate surface area is 201 Å². The molecule has 1 amide bonds. The highest BCUT2D eigenvalue weighted by Gasteiger charge is 2.17. The monoisotopic (exact) mass is 475 g/mol. The minimum atomic E-state index is -0.340. The maximum Gasteiger partial charge on any atom is 0.255 e. The fourth-order valence-corrected chi connectivity index (χ4v) is 3.55. The molecule has 0 spiro atoms. The molecule has 4 aromatic carbocycles. The Bertz CT molecular complexity index is 1290. The van der Waals surface area contributed by atoms with E-state index in [1.54, 1.807) is 84.9 Å². The van der Waals surface area contributed by atoms with Gasteiger partial charge < -0.3 is 10.1 Å². The van der Waals surface area contributed by atoms with Gasteiger partial charge in [-0.25, -0.2) is 0 Å². The van der Waals surface area contributed by atoms with Crippen molar-refractivity contribution in [2.75, 3.05) is 5.32 Å². The highest BCUT2D eigenvalue weighted by molar-refractivity contribution is 6.31. The van der Waals surface area contributed by atoms with Crippen LogP contribution in [-0.2, 0) is 6.61 Å². The molecule has 0 aliphatic heterocycles. The van der Waals surface area contributed by atoms with Gasteiger partial charge >= 0.3 is 0 Å². The van der Waals surface area contributed by atoms with Crippen LogP contribution >= 0.6 is 23.2 Å². The average molecular weight is 476 g/mol. The number of hydrogen-bond donors (Lipinski definition) is 1. The number of benzene rings is 4. The van der Waals surface area contributed by atoms with Crippen molar-refractivity contribution >= 4 is 40.6 Å². The molecule has 0 unspecified atom stereocenters. The summed E-state index contributed by atoms with van der Waals surface area (Å²) in [5, 5.41) is 3.88. The fraction of sp³-hybridized carbons (Fsp3) is 0.0370. The lowest BCUT2D eigenvalue weighted by molar-refractivity contribution is 0.102. The first kappa shape index (κ1) is 22.6. The summed E-state index contributed by atoms with van der Waals surface area (Å²) in [5.74, 6) is 0.116. The Morgan fingerprint density at radius 1 is 0.727 bits per heavy atom. The minimum absolute atomic E-state index is 0.224. The van der Waals surface area contributed by atoms with Crippen LogP contribution in [0.5, 0.6) is 5.75 Å². The van der Waals surface area contributed by atoms with E-state index in [0.29, 0.717) is 44.8 Å². The number of nitrogens with one attached hydrogen (secondary N) is 1. The Balaban J connectivity index is 1.51. The summed E-state index contributed by atoms with van der Waals surface area (Å²) >= 11 is 12.0. The summed E-state index contributed by atoms with van der Waals surface area (Å²) in [4.78, 5) is 26.0. The molecule has 4 aromatic rings. The van der Waals surface area contributed by atoms with Crippen LogP contribution in [-0.4, -0.2) is 11.7 Å². The molecule has 0 saturated heterocycles. The summed E-state index contributed by atoms with van der Waals surface area (Å²) in [5.41, 5.74) is 2.50. The number of carbonyl (C=O) groups excluding carboxylic acids is 2. The number of rotatable bonds is 7. The van der Waals surface area contributed by atoms with Crippen LogP contribution < -0.4 is 10.1 Å². The van der Waals surface area contributed by atoms with Crippen LogP contribution in [0, 0.1) is 0 Å². The Morgan fingerprint density at radius 3 is 2.18 bits per heavy atom. The molecule has 0 heterocycles. The Morgan fingerprint density at radius 2 is 1.42 bits per heavy atom. The zero-order valence-electron chi connectivity index (χ0n) is 17.4. The lowest BCUT2D eigenvalue weighted by Gasteiger charge is -2.12. The van der Waals surface area contributed by atoms with Gasteiger partial charge in [-0.15, -0.1) is 0 Å². The van der Waals surface area contributed by atoms with E-state index in [1.807, 2.05) is 12.1 Å². The highest BCUT2D eigenvalue weighted by Crippen LogP contribution is 2.25. The van der Waals surface area contributed by atoms with Gasteiger partial charge in [0.2, 0.25) is 0 Å². The third-order valence-corrected chi connectivity index (χ3v) is 5.41. The smallest absolute Gasteiger partial charge is 0.255 e. The largest absolute Gasteiger partial charge is 0.489 e. The molecule has 1 N–H and O–H groups in total. The lowest BCUT2D eigenvalue weighted by Crippen LogP contribution is -2.15. The van der Waals surface area contributed by atoms with E-state index in [-0.39, 0.29) is 11.7 Å². The van der Waals surface area contributed by atoms with Crippen molar-refractivity contribution in [3.05, 3.63) is 129 Å². The molecule has 0 bridgehead atoms. The molecule has 0 atom stereocenters. The predicted octanol–water partition coefficient (Wildman–Crippen LogP) is 7.06. The number of ketones is 1. The molecule has 6 heteroatoms. The predicted molar refractivity (Wildman–Crippen MR) is 132 cm³/mol.